The third kappa shape index (κ3) is 11.4. The zero-order chi connectivity index (χ0) is 45.5. The molecule has 28 nitrogen and oxygen atoms in total. The minimum absolute atomic E-state index is 0.256. The Labute approximate surface area is 345 Å². The molecule has 16 N–H and O–H groups in total. The maximum absolute atomic E-state index is 13.0. The zero-order valence-corrected chi connectivity index (χ0v) is 32.3. The van der Waals surface area contributed by atoms with Gasteiger partial charge in [0.2, 0.25) is 18.1 Å². The van der Waals surface area contributed by atoms with Crippen LogP contribution in [0.3, 0.4) is 0 Å². The molecule has 0 aromatic rings. The standard InChI is InChI=1S/C33H56N2O26/c1-10(42)35-17-12(43)2-33(32(52)53,60-27(17)18(45)13(44)4-37)61-28-24(51)31(57-16(7-40)26(28)59-30-22(49)20(47)19(46)14(5-38)55-30)58-25-15(6-39)56-29(23(50)21(25)48)54-8-11(3-36)34-9-41/h9,11-31,36-40,43-51H,2-8H2,1H3,(H,34,41)(H,35,42)(H,52,53)/p-1/t11-,12+,13-,14-,15-,16-,17-,18-,19+,20+,21-,22-,23-,24-,25-,26+,27-,28-,29-,30+,31+,33+/m1/s1. The first-order valence-electron chi connectivity index (χ1n) is 18.9. The lowest BCUT2D eigenvalue weighted by Gasteiger charge is -2.53. The van der Waals surface area contributed by atoms with Gasteiger partial charge in [0, 0.05) is 13.3 Å². The smallest absolute Gasteiger partial charge is 0.217 e. The van der Waals surface area contributed by atoms with Crippen LogP contribution in [0, 0.1) is 0 Å². The first-order chi connectivity index (χ1) is 28.8. The molecule has 4 saturated heterocycles. The first kappa shape index (κ1) is 51.2. The Morgan fingerprint density at radius 1 is 0.754 bits per heavy atom. The average Bonchev–Trinajstić information content (AvgIpc) is 3.23. The third-order valence-electron chi connectivity index (χ3n) is 10.5. The van der Waals surface area contributed by atoms with Crippen LogP contribution in [0.1, 0.15) is 13.3 Å². The van der Waals surface area contributed by atoms with Gasteiger partial charge in [-0.3, -0.25) is 9.59 Å². The number of carboxylic acid groups (broad SMARTS) is 1. The number of amides is 2. The molecule has 0 spiro atoms. The monoisotopic (exact) mass is 895 g/mol. The van der Waals surface area contributed by atoms with Gasteiger partial charge in [-0.15, -0.1) is 0 Å². The topological polar surface area (TPSA) is 455 Å². The Kier molecular flexibility index (Phi) is 18.8. The lowest BCUT2D eigenvalue weighted by molar-refractivity contribution is -0.422. The number of carboxylic acids is 1. The number of hydrogen-bond acceptors (Lipinski definition) is 26. The van der Waals surface area contributed by atoms with E-state index < -0.39 is 192 Å². The summed E-state index contributed by atoms with van der Waals surface area (Å²) in [5.74, 6) is -6.54. The van der Waals surface area contributed by atoms with Gasteiger partial charge in [0.05, 0.1) is 57.8 Å². The fourth-order valence-electron chi connectivity index (χ4n) is 7.22. The van der Waals surface area contributed by atoms with Gasteiger partial charge in [0.15, 0.2) is 18.9 Å². The number of rotatable bonds is 20. The van der Waals surface area contributed by atoms with Crippen LogP contribution >= 0.6 is 0 Å². The van der Waals surface area contributed by atoms with E-state index in [0.29, 0.717) is 0 Å². The molecule has 4 aliphatic rings. The van der Waals surface area contributed by atoms with Crippen LogP contribution in [-0.4, -0.2) is 264 Å². The summed E-state index contributed by atoms with van der Waals surface area (Å²) in [6, 6.07) is -2.69. The van der Waals surface area contributed by atoms with Crippen molar-refractivity contribution in [2.75, 3.05) is 39.6 Å². The van der Waals surface area contributed by atoms with Gasteiger partial charge < -0.3 is 130 Å². The first-order valence-corrected chi connectivity index (χ1v) is 18.9. The normalized spacial score (nSPS) is 43.5. The molecule has 4 heterocycles. The highest BCUT2D eigenvalue weighted by Gasteiger charge is 2.59. The summed E-state index contributed by atoms with van der Waals surface area (Å²) in [4.78, 5) is 35.9. The summed E-state index contributed by atoms with van der Waals surface area (Å²) in [5.41, 5.74) is 0. The van der Waals surface area contributed by atoms with E-state index in [9.17, 15) is 91.0 Å². The average molecular weight is 896 g/mol. The van der Waals surface area contributed by atoms with Crippen LogP contribution < -0.4 is 15.7 Å². The molecule has 0 aliphatic carbocycles. The Bertz CT molecular complexity index is 1400. The second-order valence-corrected chi connectivity index (χ2v) is 14.8. The molecule has 0 aromatic carbocycles. The molecule has 22 atom stereocenters. The van der Waals surface area contributed by atoms with Crippen molar-refractivity contribution in [2.45, 2.75) is 148 Å². The second-order valence-electron chi connectivity index (χ2n) is 14.8. The van der Waals surface area contributed by atoms with Gasteiger partial charge in [-0.25, -0.2) is 0 Å². The number of aliphatic carboxylic acids is 1. The number of ether oxygens (including phenoxy) is 8. The van der Waals surface area contributed by atoms with E-state index in [4.69, 9.17) is 37.9 Å². The minimum Gasteiger partial charge on any atom is -0.544 e. The van der Waals surface area contributed by atoms with E-state index in [1.54, 1.807) is 0 Å². The molecule has 2 amide bonds. The summed E-state index contributed by atoms with van der Waals surface area (Å²) in [5, 5.41) is 165. The molecular weight excluding hydrogens is 840 g/mol. The van der Waals surface area contributed by atoms with Crippen LogP contribution in [-0.2, 0) is 52.3 Å². The molecular formula is C33H55N2O26-. The number of nitrogens with one attached hydrogen (secondary N) is 2. The number of carbonyl (C=O) groups is 3. The van der Waals surface area contributed by atoms with E-state index in [-0.39, 0.29) is 6.41 Å². The molecule has 28 heteroatoms. The van der Waals surface area contributed by atoms with E-state index in [2.05, 4.69) is 10.6 Å². The van der Waals surface area contributed by atoms with Crippen molar-refractivity contribution in [1.29, 1.82) is 0 Å². The number of hydrogen-bond donors (Lipinski definition) is 16. The van der Waals surface area contributed by atoms with Gasteiger partial charge >= 0.3 is 0 Å². The fourth-order valence-corrected chi connectivity index (χ4v) is 7.22. The summed E-state index contributed by atoms with van der Waals surface area (Å²) in [6.07, 6.45) is -39.8. The molecule has 0 radical (unpaired) electrons. The van der Waals surface area contributed by atoms with Crippen molar-refractivity contribution in [3.05, 3.63) is 0 Å². The molecule has 0 saturated carbocycles. The van der Waals surface area contributed by atoms with E-state index in [0.717, 1.165) is 6.92 Å². The lowest BCUT2D eigenvalue weighted by atomic mass is 9.88. The molecule has 4 fully saturated rings. The third-order valence-corrected chi connectivity index (χ3v) is 10.5. The number of carbonyl (C=O) groups excluding carboxylic acids is 3. The predicted octanol–water partition coefficient (Wildman–Crippen LogP) is -12.6. The van der Waals surface area contributed by atoms with Gasteiger partial charge in [-0.2, -0.15) is 0 Å². The zero-order valence-electron chi connectivity index (χ0n) is 32.3. The maximum atomic E-state index is 13.0. The minimum atomic E-state index is -3.35. The van der Waals surface area contributed by atoms with Crippen LogP contribution in [0.2, 0.25) is 0 Å². The Hall–Kier alpha value is -2.47. The van der Waals surface area contributed by atoms with Crippen molar-refractivity contribution < 1.29 is 129 Å². The maximum Gasteiger partial charge on any atom is 0.217 e. The largest absolute Gasteiger partial charge is 0.544 e. The van der Waals surface area contributed by atoms with Crippen LogP contribution in [0.4, 0.5) is 0 Å². The van der Waals surface area contributed by atoms with Crippen molar-refractivity contribution in [2.24, 2.45) is 0 Å². The highest BCUT2D eigenvalue weighted by Crippen LogP contribution is 2.39. The van der Waals surface area contributed by atoms with E-state index >= 15 is 0 Å². The van der Waals surface area contributed by atoms with E-state index in [1.165, 1.54) is 0 Å². The summed E-state index contributed by atoms with van der Waals surface area (Å²) in [7, 11) is 0. The van der Waals surface area contributed by atoms with Crippen molar-refractivity contribution in [3.8, 4) is 0 Å². The predicted molar refractivity (Wildman–Crippen MR) is 184 cm³/mol. The highest BCUT2D eigenvalue weighted by atomic mass is 16.8. The molecule has 0 bridgehead atoms. The van der Waals surface area contributed by atoms with Gasteiger partial charge in [-0.05, 0) is 0 Å². The molecule has 61 heavy (non-hydrogen) atoms. The molecule has 0 unspecified atom stereocenters. The fraction of sp³-hybridized carbons (Fsp3) is 0.909. The van der Waals surface area contributed by atoms with Gasteiger partial charge in [0.1, 0.15) is 97.5 Å². The number of aliphatic hydroxyl groups excluding tert-OH is 14. The molecule has 4 aliphatic heterocycles. The Morgan fingerprint density at radius 3 is 1.87 bits per heavy atom. The Balaban J connectivity index is 1.74. The van der Waals surface area contributed by atoms with Crippen molar-refractivity contribution in [3.63, 3.8) is 0 Å². The Morgan fingerprint density at radius 2 is 1.31 bits per heavy atom. The molecule has 0 aromatic heterocycles. The summed E-state index contributed by atoms with van der Waals surface area (Å²) in [6.45, 7) is -4.37. The van der Waals surface area contributed by atoms with Crippen LogP contribution in [0.15, 0.2) is 0 Å². The van der Waals surface area contributed by atoms with E-state index in [1.807, 2.05) is 0 Å². The second kappa shape index (κ2) is 22.4. The molecule has 354 valence electrons. The van der Waals surface area contributed by atoms with Crippen molar-refractivity contribution in [1.82, 2.24) is 10.6 Å². The summed E-state index contributed by atoms with van der Waals surface area (Å²) >= 11 is 0. The van der Waals surface area contributed by atoms with Crippen LogP contribution in [0.25, 0.3) is 0 Å². The molecule has 4 rings (SSSR count). The SMILES string of the molecule is CC(=O)N[C@H]1[C@H]([C@H](O)[C@H](O)CO)O[C@@](O[C@@H]2[C@@H](O)[C@H](O[C@H]3[C@H](O)[C@@H](O)[C@H](OC[C@@H](CO)NC=O)O[C@@H]3CO)O[C@H](CO)[C@@H]2O[C@@H]2O[C@H](CO)[C@H](O)[C@H](O)[C@H]2O)(C(=O)[O-])C[C@@H]1O. The van der Waals surface area contributed by atoms with Gasteiger partial charge in [-0.1, -0.05) is 0 Å². The quantitative estimate of drug-likeness (QED) is 0.0505. The van der Waals surface area contributed by atoms with Crippen molar-refractivity contribution >= 4 is 18.3 Å². The van der Waals surface area contributed by atoms with Gasteiger partial charge in [0.25, 0.3) is 0 Å². The lowest BCUT2D eigenvalue weighted by Crippen LogP contribution is -2.73. The highest BCUT2D eigenvalue weighted by molar-refractivity contribution is 5.75. The summed E-state index contributed by atoms with van der Waals surface area (Å²) < 4.78 is 45.0. The van der Waals surface area contributed by atoms with Crippen LogP contribution in [0.5, 0.6) is 0 Å². The number of aliphatic hydroxyl groups is 14.